The van der Waals surface area contributed by atoms with Gasteiger partial charge in [0.1, 0.15) is 0 Å². The van der Waals surface area contributed by atoms with Crippen molar-refractivity contribution in [2.45, 2.75) is 25.8 Å². The number of nitrogens with zero attached hydrogens (tertiary/aromatic N) is 2. The minimum atomic E-state index is 0.341. The van der Waals surface area contributed by atoms with E-state index in [4.69, 9.17) is 0 Å². The number of aliphatic imine (C=N–C) groups is 1. The SMILES string of the molecule is CC1CCC#[N+]OC=N1. The molecule has 1 unspecified atom stereocenters. The Labute approximate surface area is 54.1 Å². The fraction of sp³-hybridized carbons (Fsp3) is 0.667. The lowest BCUT2D eigenvalue weighted by molar-refractivity contribution is 0.469. The second-order valence-electron chi connectivity index (χ2n) is 2.00. The second-order valence-corrected chi connectivity index (χ2v) is 2.00. The number of hydrogen-bond donors (Lipinski definition) is 0. The van der Waals surface area contributed by atoms with Gasteiger partial charge in [-0.2, -0.15) is 0 Å². The third-order valence-electron chi connectivity index (χ3n) is 1.15. The summed E-state index contributed by atoms with van der Waals surface area (Å²) >= 11 is 0. The summed E-state index contributed by atoms with van der Waals surface area (Å²) in [5, 5.41) is 3.47. The molecule has 1 atom stereocenters. The fourth-order valence-corrected chi connectivity index (χ4v) is 0.586. The average Bonchev–Trinajstić information content (AvgIpc) is 1.79. The van der Waals surface area contributed by atoms with Crippen LogP contribution in [0.15, 0.2) is 4.99 Å². The van der Waals surface area contributed by atoms with E-state index in [2.05, 4.69) is 20.9 Å². The van der Waals surface area contributed by atoms with Crippen LogP contribution in [0.4, 0.5) is 0 Å². The van der Waals surface area contributed by atoms with Crippen LogP contribution in [-0.4, -0.2) is 12.4 Å². The molecule has 0 radical (unpaired) electrons. The van der Waals surface area contributed by atoms with Crippen LogP contribution in [0, 0.1) is 6.07 Å². The summed E-state index contributed by atoms with van der Waals surface area (Å²) in [5.41, 5.74) is 0. The highest BCUT2D eigenvalue weighted by atomic mass is 16.6. The van der Waals surface area contributed by atoms with Gasteiger partial charge in [0, 0.05) is 0 Å². The summed E-state index contributed by atoms with van der Waals surface area (Å²) < 4.78 is 0. The zero-order chi connectivity index (χ0) is 6.53. The maximum Gasteiger partial charge on any atom is 0.350 e. The van der Waals surface area contributed by atoms with Crippen LogP contribution in [0.25, 0.3) is 5.01 Å². The van der Waals surface area contributed by atoms with Crippen LogP contribution in [0.5, 0.6) is 0 Å². The monoisotopic (exact) mass is 125 g/mol. The maximum absolute atomic E-state index is 4.57. The van der Waals surface area contributed by atoms with Crippen molar-refractivity contribution < 1.29 is 4.84 Å². The Kier molecular flexibility index (Phi) is 2.08. The molecule has 1 aliphatic heterocycles. The van der Waals surface area contributed by atoms with Gasteiger partial charge in [0.2, 0.25) is 5.01 Å². The van der Waals surface area contributed by atoms with Gasteiger partial charge >= 0.3 is 6.07 Å². The quantitative estimate of drug-likeness (QED) is 0.481. The lowest BCUT2D eigenvalue weighted by atomic mass is 10.2. The number of rotatable bonds is 0. The van der Waals surface area contributed by atoms with Crippen LogP contribution in [0.2, 0.25) is 0 Å². The fourth-order valence-electron chi connectivity index (χ4n) is 0.586. The highest BCUT2D eigenvalue weighted by Crippen LogP contribution is 2.01. The molecule has 1 aliphatic rings. The second kappa shape index (κ2) is 3.08. The average molecular weight is 125 g/mol. The Morgan fingerprint density at radius 2 is 2.78 bits per heavy atom. The van der Waals surface area contributed by atoms with Gasteiger partial charge in [-0.15, -0.1) is 4.84 Å². The summed E-state index contributed by atoms with van der Waals surface area (Å²) in [5.74, 6) is 0. The Morgan fingerprint density at radius 1 is 1.89 bits per heavy atom. The minimum Gasteiger partial charge on any atom is -0.248 e. The predicted molar refractivity (Wildman–Crippen MR) is 35.5 cm³/mol. The van der Waals surface area contributed by atoms with Crippen LogP contribution in [0.3, 0.4) is 0 Å². The van der Waals surface area contributed by atoms with Crippen molar-refractivity contribution in [3.63, 3.8) is 0 Å². The molecule has 1 rings (SSSR count). The van der Waals surface area contributed by atoms with E-state index in [-0.39, 0.29) is 0 Å². The Bertz CT molecular complexity index is 166. The van der Waals surface area contributed by atoms with Gasteiger partial charge in [0.15, 0.2) is 0 Å². The predicted octanol–water partition coefficient (Wildman–Crippen LogP) is 1.46. The Morgan fingerprint density at radius 3 is 3.67 bits per heavy atom. The molecule has 9 heavy (non-hydrogen) atoms. The van der Waals surface area contributed by atoms with Crippen molar-refractivity contribution in [1.82, 2.24) is 0 Å². The van der Waals surface area contributed by atoms with Gasteiger partial charge in [-0.05, 0) is 13.3 Å². The molecule has 0 aromatic carbocycles. The van der Waals surface area contributed by atoms with Crippen LogP contribution < -0.4 is 0 Å². The van der Waals surface area contributed by atoms with Gasteiger partial charge in [-0.3, -0.25) is 0 Å². The molecule has 0 fully saturated rings. The third-order valence-corrected chi connectivity index (χ3v) is 1.15. The van der Waals surface area contributed by atoms with Crippen molar-refractivity contribution in [2.75, 3.05) is 0 Å². The highest BCUT2D eigenvalue weighted by Gasteiger charge is 2.02. The van der Waals surface area contributed by atoms with Crippen LogP contribution in [0.1, 0.15) is 19.8 Å². The van der Waals surface area contributed by atoms with E-state index in [0.29, 0.717) is 6.04 Å². The molecule has 3 nitrogen and oxygen atoms in total. The van der Waals surface area contributed by atoms with E-state index in [1.807, 2.05) is 6.92 Å². The maximum atomic E-state index is 4.57. The largest absolute Gasteiger partial charge is 0.350 e. The molecule has 0 N–H and O–H groups in total. The van der Waals surface area contributed by atoms with E-state index in [0.717, 1.165) is 12.8 Å². The third kappa shape index (κ3) is 2.13. The van der Waals surface area contributed by atoms with E-state index >= 15 is 0 Å². The molecule has 0 saturated carbocycles. The molecule has 0 aliphatic carbocycles. The molecule has 48 valence electrons. The van der Waals surface area contributed by atoms with Crippen molar-refractivity contribution in [3.8, 4) is 6.07 Å². The molecule has 0 bridgehead atoms. The first kappa shape index (κ1) is 6.09. The van der Waals surface area contributed by atoms with Gasteiger partial charge in [-0.25, -0.2) is 4.99 Å². The van der Waals surface area contributed by atoms with E-state index in [1.165, 1.54) is 6.40 Å². The summed E-state index contributed by atoms with van der Waals surface area (Å²) in [6, 6.07) is 3.07. The molecule has 0 amide bonds. The summed E-state index contributed by atoms with van der Waals surface area (Å²) in [6.45, 7) is 2.03. The first-order valence-corrected chi connectivity index (χ1v) is 3.00. The van der Waals surface area contributed by atoms with E-state index in [1.54, 1.807) is 0 Å². The normalized spacial score (nSPS) is 24.8. The van der Waals surface area contributed by atoms with Gasteiger partial charge < -0.3 is 0 Å². The van der Waals surface area contributed by atoms with Gasteiger partial charge in [-0.1, -0.05) is 0 Å². The molecule has 0 saturated heterocycles. The van der Waals surface area contributed by atoms with Crippen molar-refractivity contribution in [1.29, 1.82) is 0 Å². The standard InChI is InChI=1S/C6H9N2O/c1-6-3-2-4-8-9-5-7-6/h5-6H,2-3H2,1H3/q+1. The van der Waals surface area contributed by atoms with Crippen molar-refractivity contribution in [2.24, 2.45) is 4.99 Å². The zero-order valence-corrected chi connectivity index (χ0v) is 5.37. The summed E-state index contributed by atoms with van der Waals surface area (Å²) in [4.78, 5) is 8.57. The molecular formula is C6H9N2O+. The zero-order valence-electron chi connectivity index (χ0n) is 5.37. The summed E-state index contributed by atoms with van der Waals surface area (Å²) in [6.07, 6.45) is 3.19. The van der Waals surface area contributed by atoms with Crippen molar-refractivity contribution in [3.05, 3.63) is 5.01 Å². The molecule has 1 heterocycles. The molecular weight excluding hydrogens is 116 g/mol. The molecule has 0 spiro atoms. The van der Waals surface area contributed by atoms with Crippen LogP contribution in [-0.2, 0) is 4.84 Å². The smallest absolute Gasteiger partial charge is 0.248 e. The van der Waals surface area contributed by atoms with E-state index < -0.39 is 0 Å². The Hall–Kier alpha value is -1.04. The first-order chi connectivity index (χ1) is 4.39. The Balaban J connectivity index is 2.46. The highest BCUT2D eigenvalue weighted by molar-refractivity contribution is 5.47. The minimum absolute atomic E-state index is 0.341. The van der Waals surface area contributed by atoms with Gasteiger partial charge in [0.05, 0.1) is 12.5 Å². The molecule has 0 aromatic heterocycles. The van der Waals surface area contributed by atoms with Crippen LogP contribution >= 0.6 is 0 Å². The lowest BCUT2D eigenvalue weighted by Crippen LogP contribution is -1.98. The van der Waals surface area contributed by atoms with Crippen molar-refractivity contribution >= 4 is 6.40 Å². The summed E-state index contributed by atoms with van der Waals surface area (Å²) in [7, 11) is 0. The number of hydrogen-bond acceptors (Lipinski definition) is 2. The molecule has 3 heteroatoms. The topological polar surface area (TPSA) is 25.9 Å². The van der Waals surface area contributed by atoms with Gasteiger partial charge in [0.25, 0.3) is 6.40 Å². The molecule has 0 aromatic rings. The first-order valence-electron chi connectivity index (χ1n) is 3.00. The lowest BCUT2D eigenvalue weighted by Gasteiger charge is -1.97. The van der Waals surface area contributed by atoms with E-state index in [9.17, 15) is 0 Å².